The fourth-order valence-corrected chi connectivity index (χ4v) is 2.45. The van der Waals surface area contributed by atoms with Gasteiger partial charge in [-0.3, -0.25) is 4.98 Å². The van der Waals surface area contributed by atoms with Crippen LogP contribution in [0.15, 0.2) is 36.5 Å². The van der Waals surface area contributed by atoms with Crippen molar-refractivity contribution in [2.75, 3.05) is 6.54 Å². The van der Waals surface area contributed by atoms with E-state index in [1.54, 1.807) is 12.3 Å². The maximum absolute atomic E-state index is 14.3. The molecule has 21 heavy (non-hydrogen) atoms. The van der Waals surface area contributed by atoms with Gasteiger partial charge in [-0.25, -0.2) is 4.39 Å². The maximum Gasteiger partial charge on any atom is 0.128 e. The summed E-state index contributed by atoms with van der Waals surface area (Å²) in [4.78, 5) is 4.44. The van der Waals surface area contributed by atoms with Gasteiger partial charge in [0.15, 0.2) is 0 Å². The lowest BCUT2D eigenvalue weighted by molar-refractivity contribution is 0.492. The Morgan fingerprint density at radius 1 is 1.24 bits per heavy atom. The molecule has 0 aliphatic rings. The van der Waals surface area contributed by atoms with Gasteiger partial charge in [0.05, 0.1) is 0 Å². The van der Waals surface area contributed by atoms with Crippen LogP contribution < -0.4 is 5.32 Å². The molecule has 0 saturated heterocycles. The van der Waals surface area contributed by atoms with E-state index in [1.807, 2.05) is 38.1 Å². The highest BCUT2D eigenvalue weighted by Crippen LogP contribution is 2.22. The Labute approximate surface area is 126 Å². The predicted octanol–water partition coefficient (Wildman–Crippen LogP) is 4.12. The van der Waals surface area contributed by atoms with E-state index in [1.165, 1.54) is 0 Å². The second kappa shape index (κ2) is 7.32. The van der Waals surface area contributed by atoms with Crippen LogP contribution in [-0.2, 0) is 6.42 Å². The zero-order valence-electron chi connectivity index (χ0n) is 13.0. The third-order valence-electron chi connectivity index (χ3n) is 3.69. The number of hydrogen-bond acceptors (Lipinski definition) is 2. The first-order valence-corrected chi connectivity index (χ1v) is 7.51. The van der Waals surface area contributed by atoms with Crippen LogP contribution in [0.1, 0.15) is 41.8 Å². The highest BCUT2D eigenvalue weighted by atomic mass is 19.1. The van der Waals surface area contributed by atoms with Gasteiger partial charge in [0.1, 0.15) is 5.82 Å². The van der Waals surface area contributed by atoms with Gasteiger partial charge in [0.25, 0.3) is 0 Å². The fraction of sp³-hybridized carbons (Fsp3) is 0.389. The van der Waals surface area contributed by atoms with Gasteiger partial charge in [-0.1, -0.05) is 25.1 Å². The molecule has 112 valence electrons. The van der Waals surface area contributed by atoms with Crippen LogP contribution in [0, 0.1) is 19.7 Å². The minimum absolute atomic E-state index is 0.0425. The first-order chi connectivity index (χ1) is 10.1. The molecule has 0 spiro atoms. The third kappa shape index (κ3) is 4.11. The van der Waals surface area contributed by atoms with Gasteiger partial charge >= 0.3 is 0 Å². The zero-order valence-corrected chi connectivity index (χ0v) is 13.0. The van der Waals surface area contributed by atoms with Crippen molar-refractivity contribution in [3.63, 3.8) is 0 Å². The highest BCUT2D eigenvalue weighted by Gasteiger charge is 2.17. The van der Waals surface area contributed by atoms with Crippen molar-refractivity contribution < 1.29 is 4.39 Å². The van der Waals surface area contributed by atoms with E-state index < -0.39 is 0 Å². The number of aromatic nitrogens is 1. The lowest BCUT2D eigenvalue weighted by Gasteiger charge is -2.20. The Hall–Kier alpha value is -1.74. The quantitative estimate of drug-likeness (QED) is 0.864. The monoisotopic (exact) mass is 286 g/mol. The second-order valence-corrected chi connectivity index (χ2v) is 5.50. The van der Waals surface area contributed by atoms with Gasteiger partial charge in [-0.05, 0) is 50.1 Å². The fourth-order valence-electron chi connectivity index (χ4n) is 2.45. The summed E-state index contributed by atoms with van der Waals surface area (Å²) in [6, 6.07) is 9.38. The lowest BCUT2D eigenvalue weighted by atomic mass is 9.98. The molecule has 1 atom stereocenters. The van der Waals surface area contributed by atoms with Gasteiger partial charge in [-0.15, -0.1) is 0 Å². The molecule has 2 nitrogen and oxygen atoms in total. The highest BCUT2D eigenvalue weighted by molar-refractivity contribution is 5.28. The molecule has 0 aliphatic heterocycles. The summed E-state index contributed by atoms with van der Waals surface area (Å²) in [5, 5.41) is 3.44. The van der Waals surface area contributed by atoms with Crippen LogP contribution in [0.3, 0.4) is 0 Å². The van der Waals surface area contributed by atoms with Crippen molar-refractivity contribution in [3.8, 4) is 0 Å². The number of benzene rings is 1. The molecule has 1 unspecified atom stereocenters. The van der Waals surface area contributed by atoms with E-state index >= 15 is 0 Å². The number of aryl methyl sites for hydroxylation is 2. The first kappa shape index (κ1) is 15.6. The minimum Gasteiger partial charge on any atom is -0.310 e. The van der Waals surface area contributed by atoms with E-state index in [0.717, 1.165) is 35.3 Å². The van der Waals surface area contributed by atoms with Crippen LogP contribution in [0.2, 0.25) is 0 Å². The average molecular weight is 286 g/mol. The average Bonchev–Trinajstić information content (AvgIpc) is 2.46. The Morgan fingerprint density at radius 3 is 2.71 bits per heavy atom. The van der Waals surface area contributed by atoms with Crippen LogP contribution in [-0.4, -0.2) is 11.5 Å². The zero-order chi connectivity index (χ0) is 15.2. The summed E-state index contributed by atoms with van der Waals surface area (Å²) in [7, 11) is 0. The van der Waals surface area contributed by atoms with Crippen LogP contribution in [0.5, 0.6) is 0 Å². The molecule has 0 saturated carbocycles. The van der Waals surface area contributed by atoms with Gasteiger partial charge in [0, 0.05) is 29.9 Å². The summed E-state index contributed by atoms with van der Waals surface area (Å²) in [5.74, 6) is -0.141. The Morgan fingerprint density at radius 2 is 2.05 bits per heavy atom. The third-order valence-corrected chi connectivity index (χ3v) is 3.69. The lowest BCUT2D eigenvalue weighted by Crippen LogP contribution is -2.25. The maximum atomic E-state index is 14.3. The molecule has 3 heteroatoms. The molecule has 0 fully saturated rings. The second-order valence-electron chi connectivity index (χ2n) is 5.50. The Balaban J connectivity index is 2.27. The van der Waals surface area contributed by atoms with Gasteiger partial charge in [-0.2, -0.15) is 0 Å². The van der Waals surface area contributed by atoms with Gasteiger partial charge in [0.2, 0.25) is 0 Å². The number of halogens is 1. The smallest absolute Gasteiger partial charge is 0.128 e. The summed E-state index contributed by atoms with van der Waals surface area (Å²) < 4.78 is 14.3. The van der Waals surface area contributed by atoms with Gasteiger partial charge < -0.3 is 5.32 Å². The van der Waals surface area contributed by atoms with E-state index in [0.29, 0.717) is 6.42 Å². The standard InChI is InChI=1S/C18H23FN2/c1-4-9-20-18(12-17-14(3)6-5-10-21-17)15-8-7-13(2)11-16(15)19/h5-8,10-11,18,20H,4,9,12H2,1-3H3. The van der Waals surface area contributed by atoms with Crippen molar-refractivity contribution in [1.29, 1.82) is 0 Å². The number of nitrogens with one attached hydrogen (secondary N) is 1. The molecule has 0 amide bonds. The molecule has 0 radical (unpaired) electrons. The first-order valence-electron chi connectivity index (χ1n) is 7.51. The van der Waals surface area contributed by atoms with E-state index in [9.17, 15) is 4.39 Å². The normalized spacial score (nSPS) is 12.4. The molecular weight excluding hydrogens is 263 g/mol. The minimum atomic E-state index is -0.141. The van der Waals surface area contributed by atoms with E-state index in [4.69, 9.17) is 0 Å². The molecule has 1 N–H and O–H groups in total. The summed E-state index contributed by atoms with van der Waals surface area (Å²) in [5.41, 5.74) is 3.83. The summed E-state index contributed by atoms with van der Waals surface area (Å²) in [6.45, 7) is 6.93. The van der Waals surface area contributed by atoms with Crippen molar-refractivity contribution in [1.82, 2.24) is 10.3 Å². The Kier molecular flexibility index (Phi) is 5.45. The number of nitrogens with zero attached hydrogens (tertiary/aromatic N) is 1. The molecule has 2 rings (SSSR count). The SMILES string of the molecule is CCCNC(Cc1ncccc1C)c1ccc(C)cc1F. The molecule has 0 bridgehead atoms. The molecule has 1 aromatic heterocycles. The number of hydrogen-bond donors (Lipinski definition) is 1. The molecule has 1 aromatic carbocycles. The Bertz CT molecular complexity index is 596. The molecule has 0 aliphatic carbocycles. The van der Waals surface area contributed by atoms with Crippen molar-refractivity contribution in [3.05, 3.63) is 64.7 Å². The van der Waals surface area contributed by atoms with Crippen molar-refractivity contribution in [2.24, 2.45) is 0 Å². The molecule has 1 heterocycles. The van der Waals surface area contributed by atoms with Crippen molar-refractivity contribution >= 4 is 0 Å². The van der Waals surface area contributed by atoms with E-state index in [2.05, 4.69) is 17.2 Å². The topological polar surface area (TPSA) is 24.9 Å². The van der Waals surface area contributed by atoms with Crippen LogP contribution in [0.25, 0.3) is 0 Å². The number of pyridine rings is 1. The molecule has 2 aromatic rings. The van der Waals surface area contributed by atoms with Crippen molar-refractivity contribution in [2.45, 2.75) is 39.7 Å². The van der Waals surface area contributed by atoms with E-state index in [-0.39, 0.29) is 11.9 Å². The largest absolute Gasteiger partial charge is 0.310 e. The summed E-state index contributed by atoms with van der Waals surface area (Å²) in [6.07, 6.45) is 3.52. The predicted molar refractivity (Wildman–Crippen MR) is 84.8 cm³/mol. The number of rotatable bonds is 6. The summed E-state index contributed by atoms with van der Waals surface area (Å²) >= 11 is 0. The van der Waals surface area contributed by atoms with Crippen LogP contribution in [0.4, 0.5) is 4.39 Å². The van der Waals surface area contributed by atoms with Crippen LogP contribution >= 0.6 is 0 Å². The molecular formula is C18H23FN2.